The van der Waals surface area contributed by atoms with Crippen molar-refractivity contribution in [3.05, 3.63) is 63.1 Å². The molecule has 0 heterocycles. The van der Waals surface area contributed by atoms with E-state index >= 15 is 0 Å². The average molecular weight is 341 g/mol. The van der Waals surface area contributed by atoms with Crippen LogP contribution in [0.4, 0.5) is 0 Å². The standard InChI is InChI=1S/C15H15BrClNO/c1-2-19-14-6-4-3-5-11(14)15(18)10-7-8-12(16)13(17)9-10/h3-9,15H,2,18H2,1H3. The van der Waals surface area contributed by atoms with Crippen molar-refractivity contribution in [1.29, 1.82) is 0 Å². The molecule has 0 amide bonds. The van der Waals surface area contributed by atoms with E-state index in [1.807, 2.05) is 49.4 Å². The van der Waals surface area contributed by atoms with E-state index in [9.17, 15) is 0 Å². The van der Waals surface area contributed by atoms with Gasteiger partial charge in [0.25, 0.3) is 0 Å². The first-order valence-corrected chi connectivity index (χ1v) is 7.22. The summed E-state index contributed by atoms with van der Waals surface area (Å²) in [6.07, 6.45) is 0. The van der Waals surface area contributed by atoms with Crippen molar-refractivity contribution < 1.29 is 4.74 Å². The van der Waals surface area contributed by atoms with Crippen molar-refractivity contribution in [3.63, 3.8) is 0 Å². The Kier molecular flexibility index (Phi) is 4.86. The number of benzene rings is 2. The van der Waals surface area contributed by atoms with Gasteiger partial charge in [-0.3, -0.25) is 0 Å². The highest BCUT2D eigenvalue weighted by atomic mass is 79.9. The maximum absolute atomic E-state index is 6.31. The molecule has 0 fully saturated rings. The number of halogens is 2. The third-order valence-electron chi connectivity index (χ3n) is 2.86. The Morgan fingerprint density at radius 3 is 2.68 bits per heavy atom. The van der Waals surface area contributed by atoms with E-state index in [2.05, 4.69) is 15.9 Å². The lowest BCUT2D eigenvalue weighted by atomic mass is 9.99. The van der Waals surface area contributed by atoms with Crippen LogP contribution in [0.2, 0.25) is 5.02 Å². The summed E-state index contributed by atoms with van der Waals surface area (Å²) in [6, 6.07) is 13.3. The summed E-state index contributed by atoms with van der Waals surface area (Å²) >= 11 is 9.49. The smallest absolute Gasteiger partial charge is 0.124 e. The molecule has 0 spiro atoms. The molecule has 0 bridgehead atoms. The lowest BCUT2D eigenvalue weighted by molar-refractivity contribution is 0.335. The molecule has 0 radical (unpaired) electrons. The topological polar surface area (TPSA) is 35.2 Å². The molecule has 1 unspecified atom stereocenters. The highest BCUT2D eigenvalue weighted by Gasteiger charge is 2.14. The third-order valence-corrected chi connectivity index (χ3v) is 4.09. The minimum atomic E-state index is -0.256. The molecule has 0 aliphatic rings. The minimum Gasteiger partial charge on any atom is -0.494 e. The van der Waals surface area contributed by atoms with Crippen LogP contribution in [0, 0.1) is 0 Å². The van der Waals surface area contributed by atoms with Crippen molar-refractivity contribution in [3.8, 4) is 5.75 Å². The summed E-state index contributed by atoms with van der Waals surface area (Å²) in [5.74, 6) is 0.816. The quantitative estimate of drug-likeness (QED) is 0.886. The van der Waals surface area contributed by atoms with Crippen LogP contribution >= 0.6 is 27.5 Å². The highest BCUT2D eigenvalue weighted by Crippen LogP contribution is 2.31. The first-order chi connectivity index (χ1) is 9.13. The molecule has 100 valence electrons. The second kappa shape index (κ2) is 6.42. The Labute approximate surface area is 126 Å². The molecule has 0 saturated carbocycles. The lowest BCUT2D eigenvalue weighted by Crippen LogP contribution is -2.13. The van der Waals surface area contributed by atoms with Crippen molar-refractivity contribution in [1.82, 2.24) is 0 Å². The highest BCUT2D eigenvalue weighted by molar-refractivity contribution is 9.10. The number of ether oxygens (including phenoxy) is 1. The normalized spacial score (nSPS) is 12.2. The molecule has 2 N–H and O–H groups in total. The zero-order chi connectivity index (χ0) is 13.8. The zero-order valence-corrected chi connectivity index (χ0v) is 12.9. The van der Waals surface area contributed by atoms with E-state index in [0.29, 0.717) is 11.6 Å². The van der Waals surface area contributed by atoms with Crippen molar-refractivity contribution in [2.24, 2.45) is 5.73 Å². The Balaban J connectivity index is 2.37. The molecule has 0 saturated heterocycles. The van der Waals surface area contributed by atoms with Crippen molar-refractivity contribution >= 4 is 27.5 Å². The van der Waals surface area contributed by atoms with E-state index in [-0.39, 0.29) is 6.04 Å². The van der Waals surface area contributed by atoms with Crippen LogP contribution in [0.1, 0.15) is 24.1 Å². The molecule has 2 nitrogen and oxygen atoms in total. The molecule has 2 rings (SSSR count). The van der Waals surface area contributed by atoms with Crippen LogP contribution in [0.25, 0.3) is 0 Å². The summed E-state index contributed by atoms with van der Waals surface area (Å²) < 4.78 is 6.48. The molecule has 2 aromatic carbocycles. The first kappa shape index (κ1) is 14.4. The van der Waals surface area contributed by atoms with Gasteiger partial charge in [-0.1, -0.05) is 35.9 Å². The van der Waals surface area contributed by atoms with Gasteiger partial charge >= 0.3 is 0 Å². The second-order valence-corrected chi connectivity index (χ2v) is 5.38. The zero-order valence-electron chi connectivity index (χ0n) is 10.6. The second-order valence-electron chi connectivity index (χ2n) is 4.12. The SMILES string of the molecule is CCOc1ccccc1C(N)c1ccc(Br)c(Cl)c1. The predicted octanol–water partition coefficient (Wildman–Crippen LogP) is 4.55. The minimum absolute atomic E-state index is 0.256. The predicted molar refractivity (Wildman–Crippen MR) is 82.8 cm³/mol. The summed E-state index contributed by atoms with van der Waals surface area (Å²) in [5.41, 5.74) is 8.23. The van der Waals surface area contributed by atoms with Gasteiger partial charge in [0, 0.05) is 10.0 Å². The van der Waals surface area contributed by atoms with Gasteiger partial charge in [-0.2, -0.15) is 0 Å². The number of hydrogen-bond acceptors (Lipinski definition) is 2. The van der Waals surface area contributed by atoms with E-state index < -0.39 is 0 Å². The van der Waals surface area contributed by atoms with Crippen LogP contribution in [-0.4, -0.2) is 6.61 Å². The number of nitrogens with two attached hydrogens (primary N) is 1. The van der Waals surface area contributed by atoms with Gasteiger partial charge in [0.15, 0.2) is 0 Å². The van der Waals surface area contributed by atoms with Crippen molar-refractivity contribution in [2.45, 2.75) is 13.0 Å². The number of hydrogen-bond donors (Lipinski definition) is 1. The monoisotopic (exact) mass is 339 g/mol. The van der Waals surface area contributed by atoms with E-state index in [0.717, 1.165) is 21.3 Å². The van der Waals surface area contributed by atoms with Gasteiger partial charge < -0.3 is 10.5 Å². The van der Waals surface area contributed by atoms with E-state index in [1.165, 1.54) is 0 Å². The first-order valence-electron chi connectivity index (χ1n) is 6.05. The molecule has 4 heteroatoms. The van der Waals surface area contributed by atoms with Crippen LogP contribution in [0.3, 0.4) is 0 Å². The summed E-state index contributed by atoms with van der Waals surface area (Å²) in [4.78, 5) is 0. The molecule has 19 heavy (non-hydrogen) atoms. The lowest BCUT2D eigenvalue weighted by Gasteiger charge is -2.17. The molecule has 1 atom stereocenters. The molecule has 2 aromatic rings. The Morgan fingerprint density at radius 2 is 2.00 bits per heavy atom. The Hall–Kier alpha value is -1.03. The summed E-state index contributed by atoms with van der Waals surface area (Å²) in [7, 11) is 0. The van der Waals surface area contributed by atoms with Crippen LogP contribution < -0.4 is 10.5 Å². The Bertz CT molecular complexity index is 574. The largest absolute Gasteiger partial charge is 0.494 e. The summed E-state index contributed by atoms with van der Waals surface area (Å²) in [6.45, 7) is 2.57. The number of rotatable bonds is 4. The fraction of sp³-hybridized carbons (Fsp3) is 0.200. The van der Waals surface area contributed by atoms with Gasteiger partial charge in [0.2, 0.25) is 0 Å². The van der Waals surface area contributed by atoms with E-state index in [4.69, 9.17) is 22.1 Å². The number of para-hydroxylation sites is 1. The maximum Gasteiger partial charge on any atom is 0.124 e. The van der Waals surface area contributed by atoms with Gasteiger partial charge in [-0.25, -0.2) is 0 Å². The average Bonchev–Trinajstić information content (AvgIpc) is 2.42. The van der Waals surface area contributed by atoms with Gasteiger partial charge in [-0.05, 0) is 46.6 Å². The van der Waals surface area contributed by atoms with Crippen molar-refractivity contribution in [2.75, 3.05) is 6.61 Å². The van der Waals surface area contributed by atoms with Crippen LogP contribution in [0.5, 0.6) is 5.75 Å². The fourth-order valence-corrected chi connectivity index (χ4v) is 2.35. The Morgan fingerprint density at radius 1 is 1.26 bits per heavy atom. The van der Waals surface area contributed by atoms with Gasteiger partial charge in [0.1, 0.15) is 5.75 Å². The molecular formula is C15H15BrClNO. The van der Waals surface area contributed by atoms with Gasteiger partial charge in [0.05, 0.1) is 17.7 Å². The summed E-state index contributed by atoms with van der Waals surface area (Å²) in [5, 5.41) is 0.654. The third kappa shape index (κ3) is 3.30. The van der Waals surface area contributed by atoms with E-state index in [1.54, 1.807) is 0 Å². The molecule has 0 aromatic heterocycles. The molecular weight excluding hydrogens is 326 g/mol. The van der Waals surface area contributed by atoms with Crippen LogP contribution in [0.15, 0.2) is 46.9 Å². The molecule has 0 aliphatic carbocycles. The molecule has 0 aliphatic heterocycles. The maximum atomic E-state index is 6.31. The van der Waals surface area contributed by atoms with Gasteiger partial charge in [-0.15, -0.1) is 0 Å². The van der Waals surface area contributed by atoms with Crippen LogP contribution in [-0.2, 0) is 0 Å². The fourth-order valence-electron chi connectivity index (χ4n) is 1.91.